The Morgan fingerprint density at radius 3 is 2.26 bits per heavy atom. The highest BCUT2D eigenvalue weighted by molar-refractivity contribution is 5.96. The minimum absolute atomic E-state index is 0.0106. The van der Waals surface area contributed by atoms with Gasteiger partial charge in [-0.15, -0.1) is 0 Å². The number of nitrogens with two attached hydrogens (primary N) is 1. The van der Waals surface area contributed by atoms with E-state index in [4.69, 9.17) is 19.9 Å². The van der Waals surface area contributed by atoms with E-state index in [1.165, 1.54) is 0 Å². The highest BCUT2D eigenvalue weighted by atomic mass is 16.5. The van der Waals surface area contributed by atoms with Gasteiger partial charge in [-0.25, -0.2) is 4.98 Å². The zero-order chi connectivity index (χ0) is 24.6. The molecule has 1 amide bonds. The van der Waals surface area contributed by atoms with Crippen LogP contribution in [0.25, 0.3) is 0 Å². The van der Waals surface area contributed by atoms with Crippen LogP contribution in [0.1, 0.15) is 26.3 Å². The number of anilines is 5. The molecule has 2 N–H and O–H groups in total. The van der Waals surface area contributed by atoms with Crippen LogP contribution in [0.15, 0.2) is 42.6 Å². The third-order valence-corrected chi connectivity index (χ3v) is 5.97. The summed E-state index contributed by atoms with van der Waals surface area (Å²) in [6, 6.07) is 11.3. The summed E-state index contributed by atoms with van der Waals surface area (Å²) < 4.78 is 16.6. The number of carbonyl (C=O) groups is 1. The second-order valence-electron chi connectivity index (χ2n) is 8.69. The lowest BCUT2D eigenvalue weighted by atomic mass is 9.87. The maximum atomic E-state index is 12.4. The summed E-state index contributed by atoms with van der Waals surface area (Å²) in [6.45, 7) is 6.45. The van der Waals surface area contributed by atoms with E-state index in [2.05, 4.69) is 23.8 Å². The zero-order valence-corrected chi connectivity index (χ0v) is 20.2. The number of benzene rings is 2. The molecule has 0 bridgehead atoms. The Morgan fingerprint density at radius 1 is 1.03 bits per heavy atom. The van der Waals surface area contributed by atoms with E-state index < -0.39 is 0 Å². The summed E-state index contributed by atoms with van der Waals surface area (Å²) in [5.41, 5.74) is 9.22. The number of hydrogen-bond acceptors (Lipinski definition) is 8. The molecule has 0 unspecified atom stereocenters. The molecule has 2 aromatic carbocycles. The fourth-order valence-corrected chi connectivity index (χ4v) is 4.35. The van der Waals surface area contributed by atoms with E-state index in [0.29, 0.717) is 41.2 Å². The standard InChI is InChI=1S/C25H29N5O4/c1-15(31)29-14-25(2,3)18-8-7-16(11-19(18)29)30(24-27-10-9-22(26)28-24)17-12-20(32-4)23(34-6)21(13-17)33-5/h7-13H,14H2,1-6H3,(H2,26,27,28). The van der Waals surface area contributed by atoms with E-state index in [9.17, 15) is 4.79 Å². The fourth-order valence-electron chi connectivity index (χ4n) is 4.35. The molecule has 0 fully saturated rings. The van der Waals surface area contributed by atoms with Crippen molar-refractivity contribution in [3.05, 3.63) is 48.2 Å². The van der Waals surface area contributed by atoms with Crippen molar-refractivity contribution in [2.75, 3.05) is 43.4 Å². The molecule has 2 heterocycles. The molecule has 1 aliphatic rings. The van der Waals surface area contributed by atoms with Crippen LogP contribution in [0.4, 0.5) is 28.8 Å². The number of methoxy groups -OCH3 is 3. The molecule has 0 saturated heterocycles. The normalized spacial score (nSPS) is 13.9. The van der Waals surface area contributed by atoms with Gasteiger partial charge < -0.3 is 24.8 Å². The molecule has 0 radical (unpaired) electrons. The number of nitrogens with zero attached hydrogens (tertiary/aromatic N) is 4. The van der Waals surface area contributed by atoms with Crippen molar-refractivity contribution in [2.24, 2.45) is 0 Å². The maximum Gasteiger partial charge on any atom is 0.236 e. The van der Waals surface area contributed by atoms with Crippen molar-refractivity contribution in [2.45, 2.75) is 26.2 Å². The molecule has 9 nitrogen and oxygen atoms in total. The van der Waals surface area contributed by atoms with E-state index in [-0.39, 0.29) is 11.3 Å². The molecule has 0 aliphatic carbocycles. The van der Waals surface area contributed by atoms with Gasteiger partial charge in [0.2, 0.25) is 17.6 Å². The SMILES string of the molecule is COc1cc(N(c2ccc3c(c2)N(C(C)=O)CC3(C)C)c2nccc(N)n2)cc(OC)c1OC. The molecular weight excluding hydrogens is 434 g/mol. The van der Waals surface area contributed by atoms with Gasteiger partial charge in [-0.1, -0.05) is 19.9 Å². The molecule has 0 saturated carbocycles. The highest BCUT2D eigenvalue weighted by Crippen LogP contribution is 2.47. The Bertz CT molecular complexity index is 1220. The Hall–Kier alpha value is -4.01. The first kappa shape index (κ1) is 23.2. The Balaban J connectivity index is 1.96. The van der Waals surface area contributed by atoms with E-state index in [1.54, 1.807) is 45.4 Å². The van der Waals surface area contributed by atoms with Crippen molar-refractivity contribution < 1.29 is 19.0 Å². The van der Waals surface area contributed by atoms with Crippen LogP contribution in [-0.2, 0) is 10.2 Å². The van der Waals surface area contributed by atoms with Gasteiger partial charge in [0.15, 0.2) is 11.5 Å². The summed E-state index contributed by atoms with van der Waals surface area (Å²) in [6.07, 6.45) is 1.60. The molecule has 9 heteroatoms. The van der Waals surface area contributed by atoms with Crippen LogP contribution >= 0.6 is 0 Å². The summed E-state index contributed by atoms with van der Waals surface area (Å²) in [5, 5.41) is 0. The Kier molecular flexibility index (Phi) is 5.95. The van der Waals surface area contributed by atoms with Crippen LogP contribution < -0.4 is 29.7 Å². The lowest BCUT2D eigenvalue weighted by molar-refractivity contribution is -0.116. The summed E-state index contributed by atoms with van der Waals surface area (Å²) in [5.74, 6) is 2.12. The first-order chi connectivity index (χ1) is 16.2. The van der Waals surface area contributed by atoms with Gasteiger partial charge in [0.25, 0.3) is 0 Å². The van der Waals surface area contributed by atoms with Gasteiger partial charge >= 0.3 is 0 Å². The van der Waals surface area contributed by atoms with Crippen LogP contribution in [0.2, 0.25) is 0 Å². The van der Waals surface area contributed by atoms with Gasteiger partial charge in [0.05, 0.1) is 32.7 Å². The van der Waals surface area contributed by atoms with Crippen LogP contribution in [0.3, 0.4) is 0 Å². The number of amides is 1. The lowest BCUT2D eigenvalue weighted by Gasteiger charge is -2.26. The third-order valence-electron chi connectivity index (χ3n) is 5.97. The van der Waals surface area contributed by atoms with Gasteiger partial charge in [0, 0.05) is 42.9 Å². The van der Waals surface area contributed by atoms with E-state index in [1.807, 2.05) is 35.2 Å². The first-order valence-corrected chi connectivity index (χ1v) is 10.8. The number of fused-ring (bicyclic) bond motifs is 1. The van der Waals surface area contributed by atoms with Crippen LogP contribution in [0, 0.1) is 0 Å². The van der Waals surface area contributed by atoms with E-state index >= 15 is 0 Å². The lowest BCUT2D eigenvalue weighted by Crippen LogP contribution is -2.32. The number of nitrogen functional groups attached to an aromatic ring is 1. The molecule has 4 rings (SSSR count). The van der Waals surface area contributed by atoms with Crippen LogP contribution in [-0.4, -0.2) is 43.7 Å². The molecule has 1 aromatic heterocycles. The Labute approximate surface area is 199 Å². The molecule has 3 aromatic rings. The molecule has 34 heavy (non-hydrogen) atoms. The second-order valence-corrected chi connectivity index (χ2v) is 8.69. The second kappa shape index (κ2) is 8.74. The third kappa shape index (κ3) is 3.93. The predicted molar refractivity (Wildman–Crippen MR) is 132 cm³/mol. The monoisotopic (exact) mass is 463 g/mol. The number of hydrogen-bond donors (Lipinski definition) is 1. The summed E-state index contributed by atoms with van der Waals surface area (Å²) in [4.78, 5) is 25.0. The van der Waals surface area contributed by atoms with Crippen molar-refractivity contribution in [3.63, 3.8) is 0 Å². The minimum Gasteiger partial charge on any atom is -0.493 e. The van der Waals surface area contributed by atoms with Crippen LogP contribution in [0.5, 0.6) is 17.2 Å². The molecule has 0 atom stereocenters. The van der Waals surface area contributed by atoms with Gasteiger partial charge in [-0.3, -0.25) is 9.69 Å². The zero-order valence-electron chi connectivity index (χ0n) is 20.2. The van der Waals surface area contributed by atoms with Crippen molar-refractivity contribution in [3.8, 4) is 17.2 Å². The molecule has 1 aliphatic heterocycles. The van der Waals surface area contributed by atoms with Gasteiger partial charge in [-0.05, 0) is 23.8 Å². The van der Waals surface area contributed by atoms with Gasteiger partial charge in [0.1, 0.15) is 5.82 Å². The average Bonchev–Trinajstić information content (AvgIpc) is 3.09. The maximum absolute atomic E-state index is 12.4. The Morgan fingerprint density at radius 2 is 1.71 bits per heavy atom. The highest BCUT2D eigenvalue weighted by Gasteiger charge is 2.37. The molecule has 178 valence electrons. The number of carbonyl (C=O) groups excluding carboxylic acids is 1. The number of rotatable bonds is 6. The average molecular weight is 464 g/mol. The molecule has 0 spiro atoms. The van der Waals surface area contributed by atoms with Crippen molar-refractivity contribution in [1.29, 1.82) is 0 Å². The summed E-state index contributed by atoms with van der Waals surface area (Å²) >= 11 is 0. The molecular formula is C25H29N5O4. The first-order valence-electron chi connectivity index (χ1n) is 10.8. The van der Waals surface area contributed by atoms with Crippen molar-refractivity contribution >= 4 is 34.7 Å². The number of aromatic nitrogens is 2. The fraction of sp³-hybridized carbons (Fsp3) is 0.320. The smallest absolute Gasteiger partial charge is 0.236 e. The predicted octanol–water partition coefficient (Wildman–Crippen LogP) is 4.20. The van der Waals surface area contributed by atoms with Gasteiger partial charge in [-0.2, -0.15) is 4.98 Å². The largest absolute Gasteiger partial charge is 0.493 e. The van der Waals surface area contributed by atoms with E-state index in [0.717, 1.165) is 16.9 Å². The number of ether oxygens (including phenoxy) is 3. The summed E-state index contributed by atoms with van der Waals surface area (Å²) in [7, 11) is 4.67. The minimum atomic E-state index is -0.162. The quantitative estimate of drug-likeness (QED) is 0.580. The van der Waals surface area contributed by atoms with Crippen molar-refractivity contribution in [1.82, 2.24) is 9.97 Å². The topological polar surface area (TPSA) is 103 Å².